The predicted octanol–water partition coefficient (Wildman–Crippen LogP) is 1.87. The van der Waals surface area contributed by atoms with Crippen LogP contribution in [0.15, 0.2) is 0 Å². The molecule has 5 heteroatoms. The molecular formula is C3H7Cl3OSi. The standard InChI is InChI=1S/C3H7Cl3OSi/c1-7-8(6,2-4)3-5/h2-3H2,1H3. The highest BCUT2D eigenvalue weighted by molar-refractivity contribution is 7.21. The average molecular weight is 194 g/mol. The topological polar surface area (TPSA) is 9.23 Å². The van der Waals surface area contributed by atoms with Gasteiger partial charge in [0.05, 0.1) is 11.0 Å². The number of halogens is 3. The third kappa shape index (κ3) is 2.55. The first kappa shape index (κ1) is 9.05. The van der Waals surface area contributed by atoms with Gasteiger partial charge in [0.1, 0.15) is 0 Å². The molecule has 0 radical (unpaired) electrons. The van der Waals surface area contributed by atoms with Crippen LogP contribution in [0.25, 0.3) is 0 Å². The van der Waals surface area contributed by atoms with Gasteiger partial charge in [-0.1, -0.05) is 0 Å². The van der Waals surface area contributed by atoms with Crippen LogP contribution in [0.5, 0.6) is 0 Å². The molecule has 0 aliphatic carbocycles. The highest BCUT2D eigenvalue weighted by Crippen LogP contribution is 2.12. The fraction of sp³-hybridized carbons (Fsp3) is 1.00. The van der Waals surface area contributed by atoms with E-state index in [1.165, 1.54) is 7.11 Å². The molecule has 0 amide bonds. The fourth-order valence-corrected chi connectivity index (χ4v) is 1.95. The third-order valence-corrected chi connectivity index (χ3v) is 6.97. The molecule has 0 saturated carbocycles. The maximum Gasteiger partial charge on any atom is 0.319 e. The first-order chi connectivity index (χ1) is 3.68. The first-order valence-corrected chi connectivity index (χ1v) is 6.45. The largest absolute Gasteiger partial charge is 0.405 e. The van der Waals surface area contributed by atoms with E-state index in [-0.39, 0.29) is 0 Å². The zero-order chi connectivity index (χ0) is 6.62. The van der Waals surface area contributed by atoms with Gasteiger partial charge < -0.3 is 4.43 Å². The highest BCUT2D eigenvalue weighted by atomic mass is 35.6. The molecule has 0 bridgehead atoms. The van der Waals surface area contributed by atoms with Crippen molar-refractivity contribution in [1.29, 1.82) is 0 Å². The Morgan fingerprint density at radius 3 is 1.75 bits per heavy atom. The summed E-state index contributed by atoms with van der Waals surface area (Å²) in [7, 11) is -0.636. The second kappa shape index (κ2) is 3.96. The van der Waals surface area contributed by atoms with Crippen LogP contribution in [0, 0.1) is 0 Å². The van der Waals surface area contributed by atoms with Gasteiger partial charge in [-0.2, -0.15) is 0 Å². The average Bonchev–Trinajstić information content (AvgIpc) is 1.87. The van der Waals surface area contributed by atoms with Crippen molar-refractivity contribution in [2.75, 3.05) is 18.1 Å². The van der Waals surface area contributed by atoms with Crippen LogP contribution in [0.3, 0.4) is 0 Å². The van der Waals surface area contributed by atoms with Crippen molar-refractivity contribution in [2.24, 2.45) is 0 Å². The highest BCUT2D eigenvalue weighted by Gasteiger charge is 2.29. The predicted molar refractivity (Wildman–Crippen MR) is 40.1 cm³/mol. The smallest absolute Gasteiger partial charge is 0.319 e. The van der Waals surface area contributed by atoms with E-state index >= 15 is 0 Å². The Morgan fingerprint density at radius 1 is 1.38 bits per heavy atom. The van der Waals surface area contributed by atoms with E-state index in [9.17, 15) is 0 Å². The van der Waals surface area contributed by atoms with Crippen molar-refractivity contribution in [3.8, 4) is 0 Å². The second-order valence-electron chi connectivity index (χ2n) is 1.35. The minimum atomic E-state index is -2.17. The van der Waals surface area contributed by atoms with E-state index in [0.717, 1.165) is 0 Å². The summed E-state index contributed by atoms with van der Waals surface area (Å²) < 4.78 is 4.88. The lowest BCUT2D eigenvalue weighted by atomic mass is 11.8. The number of hydrogen-bond acceptors (Lipinski definition) is 1. The van der Waals surface area contributed by atoms with Gasteiger partial charge in [0.15, 0.2) is 0 Å². The first-order valence-electron chi connectivity index (χ1n) is 2.04. The van der Waals surface area contributed by atoms with Crippen LogP contribution in [0.2, 0.25) is 0 Å². The Kier molecular flexibility index (Phi) is 4.48. The summed E-state index contributed by atoms with van der Waals surface area (Å²) in [6.07, 6.45) is 0. The normalized spacial score (nSPS) is 12.0. The van der Waals surface area contributed by atoms with Crippen LogP contribution in [-0.2, 0) is 4.43 Å². The SMILES string of the molecule is CO[Si](Cl)(CCl)CCl. The Balaban J connectivity index is 3.58. The zero-order valence-electron chi connectivity index (χ0n) is 4.46. The molecule has 0 saturated heterocycles. The molecule has 0 aromatic heterocycles. The minimum Gasteiger partial charge on any atom is -0.405 e. The zero-order valence-corrected chi connectivity index (χ0v) is 7.72. The van der Waals surface area contributed by atoms with Crippen LogP contribution >= 0.6 is 34.3 Å². The van der Waals surface area contributed by atoms with E-state index in [2.05, 4.69) is 0 Å². The Morgan fingerprint density at radius 2 is 1.75 bits per heavy atom. The molecule has 50 valence electrons. The van der Waals surface area contributed by atoms with Gasteiger partial charge >= 0.3 is 7.63 Å². The molecule has 0 rings (SSSR count). The van der Waals surface area contributed by atoms with Crippen LogP contribution in [-0.4, -0.2) is 25.7 Å². The van der Waals surface area contributed by atoms with Crippen molar-refractivity contribution < 1.29 is 4.43 Å². The monoisotopic (exact) mass is 192 g/mol. The third-order valence-electron chi connectivity index (χ3n) is 0.765. The summed E-state index contributed by atoms with van der Waals surface area (Å²) in [6, 6.07) is 0. The molecule has 1 nitrogen and oxygen atoms in total. The van der Waals surface area contributed by atoms with Gasteiger partial charge in [-0.25, -0.2) is 0 Å². The minimum absolute atomic E-state index is 0.342. The van der Waals surface area contributed by atoms with Gasteiger partial charge in [-0.05, 0) is 0 Å². The van der Waals surface area contributed by atoms with Crippen molar-refractivity contribution in [2.45, 2.75) is 0 Å². The summed E-state index contributed by atoms with van der Waals surface area (Å²) in [5.41, 5.74) is 0.684. The molecule has 0 aromatic carbocycles. The summed E-state index contributed by atoms with van der Waals surface area (Å²) in [5.74, 6) is 0. The molecule has 0 N–H and O–H groups in total. The van der Waals surface area contributed by atoms with Gasteiger partial charge in [0.25, 0.3) is 0 Å². The van der Waals surface area contributed by atoms with E-state index in [0.29, 0.717) is 11.0 Å². The van der Waals surface area contributed by atoms with E-state index < -0.39 is 7.63 Å². The lowest BCUT2D eigenvalue weighted by molar-refractivity contribution is 0.420. The lowest BCUT2D eigenvalue weighted by Crippen LogP contribution is -2.35. The van der Waals surface area contributed by atoms with Gasteiger partial charge in [0, 0.05) is 7.11 Å². The Bertz CT molecular complexity index is 57.3. The molecular weight excluding hydrogens is 186 g/mol. The molecule has 0 aliphatic rings. The van der Waals surface area contributed by atoms with Crippen LogP contribution < -0.4 is 0 Å². The quantitative estimate of drug-likeness (QED) is 0.378. The lowest BCUT2D eigenvalue weighted by Gasteiger charge is -2.14. The summed E-state index contributed by atoms with van der Waals surface area (Å²) in [6.45, 7) is 0. The van der Waals surface area contributed by atoms with Crippen molar-refractivity contribution in [3.05, 3.63) is 0 Å². The number of hydrogen-bond donors (Lipinski definition) is 0. The maximum absolute atomic E-state index is 5.75. The summed E-state index contributed by atoms with van der Waals surface area (Å²) in [5, 5.41) is 0. The number of alkyl halides is 2. The van der Waals surface area contributed by atoms with Crippen molar-refractivity contribution in [1.82, 2.24) is 0 Å². The van der Waals surface area contributed by atoms with E-state index in [1.54, 1.807) is 0 Å². The Hall–Kier alpha value is 1.05. The van der Waals surface area contributed by atoms with Gasteiger partial charge in [-0.3, -0.25) is 0 Å². The molecule has 8 heavy (non-hydrogen) atoms. The molecule has 0 atom stereocenters. The molecule has 0 heterocycles. The van der Waals surface area contributed by atoms with E-state index in [4.69, 9.17) is 38.7 Å². The van der Waals surface area contributed by atoms with Crippen LogP contribution in [0.4, 0.5) is 0 Å². The van der Waals surface area contributed by atoms with Crippen molar-refractivity contribution in [3.63, 3.8) is 0 Å². The van der Waals surface area contributed by atoms with Crippen molar-refractivity contribution >= 4 is 41.9 Å². The number of rotatable bonds is 3. The fourth-order valence-electron chi connectivity index (χ4n) is 0.145. The van der Waals surface area contributed by atoms with Crippen LogP contribution in [0.1, 0.15) is 0 Å². The molecule has 0 unspecified atom stereocenters. The Labute approximate surface area is 64.7 Å². The molecule has 0 aromatic rings. The van der Waals surface area contributed by atoms with Gasteiger partial charge in [-0.15, -0.1) is 34.3 Å². The summed E-state index contributed by atoms with van der Waals surface area (Å²) in [4.78, 5) is 0. The van der Waals surface area contributed by atoms with E-state index in [1.807, 2.05) is 0 Å². The molecule has 0 aliphatic heterocycles. The summed E-state index contributed by atoms with van der Waals surface area (Å²) >= 11 is 16.6. The molecule has 0 fully saturated rings. The second-order valence-corrected chi connectivity index (χ2v) is 7.73. The maximum atomic E-state index is 5.75. The van der Waals surface area contributed by atoms with Gasteiger partial charge in [0.2, 0.25) is 0 Å². The molecule has 0 spiro atoms.